The molecule has 0 atom stereocenters. The van der Waals surface area contributed by atoms with Crippen molar-refractivity contribution in [3.05, 3.63) is 29.8 Å². The maximum atomic E-state index is 5.62. The normalized spacial score (nSPS) is 11.2. The van der Waals surface area contributed by atoms with E-state index in [9.17, 15) is 0 Å². The third-order valence-electron chi connectivity index (χ3n) is 2.82. The first-order chi connectivity index (χ1) is 8.61. The van der Waals surface area contributed by atoms with Crippen molar-refractivity contribution < 1.29 is 4.74 Å². The minimum Gasteiger partial charge on any atom is -0.491 e. The molecule has 0 spiro atoms. The summed E-state index contributed by atoms with van der Waals surface area (Å²) in [7, 11) is 2.14. The average molecular weight is 250 g/mol. The van der Waals surface area contributed by atoms with Crippen LogP contribution >= 0.6 is 0 Å². The third kappa shape index (κ3) is 6.03. The molecule has 102 valence electrons. The Labute approximate surface area is 111 Å². The van der Waals surface area contributed by atoms with Gasteiger partial charge in [-0.1, -0.05) is 12.1 Å². The molecule has 1 aromatic carbocycles. The van der Waals surface area contributed by atoms with E-state index < -0.39 is 0 Å². The Morgan fingerprint density at radius 3 is 2.39 bits per heavy atom. The van der Waals surface area contributed by atoms with Gasteiger partial charge < -0.3 is 15.4 Å². The Kier molecular flexibility index (Phi) is 6.76. The van der Waals surface area contributed by atoms with E-state index in [-0.39, 0.29) is 6.10 Å². The highest BCUT2D eigenvalue weighted by molar-refractivity contribution is 5.27. The van der Waals surface area contributed by atoms with Crippen molar-refractivity contribution in [3.63, 3.8) is 0 Å². The SMILES string of the molecule is CC(C)Oc1ccc(CCN(C)CCCN)cc1. The fourth-order valence-electron chi connectivity index (χ4n) is 1.80. The molecule has 1 rings (SSSR count). The third-order valence-corrected chi connectivity index (χ3v) is 2.82. The highest BCUT2D eigenvalue weighted by Crippen LogP contribution is 2.14. The van der Waals surface area contributed by atoms with E-state index in [0.717, 1.165) is 38.2 Å². The van der Waals surface area contributed by atoms with Crippen molar-refractivity contribution in [2.24, 2.45) is 5.73 Å². The Morgan fingerprint density at radius 1 is 1.17 bits per heavy atom. The van der Waals surface area contributed by atoms with Gasteiger partial charge in [0.1, 0.15) is 5.75 Å². The number of hydrogen-bond donors (Lipinski definition) is 1. The summed E-state index contributed by atoms with van der Waals surface area (Å²) in [6.07, 6.45) is 2.37. The first kappa shape index (κ1) is 15.0. The largest absolute Gasteiger partial charge is 0.491 e. The minimum atomic E-state index is 0.234. The number of nitrogens with zero attached hydrogens (tertiary/aromatic N) is 1. The van der Waals surface area contributed by atoms with E-state index in [1.807, 2.05) is 13.8 Å². The van der Waals surface area contributed by atoms with Crippen LogP contribution in [0.2, 0.25) is 0 Å². The maximum Gasteiger partial charge on any atom is 0.119 e. The molecule has 0 radical (unpaired) electrons. The Balaban J connectivity index is 2.34. The zero-order valence-electron chi connectivity index (χ0n) is 11.9. The summed E-state index contributed by atoms with van der Waals surface area (Å²) >= 11 is 0. The van der Waals surface area contributed by atoms with E-state index in [1.54, 1.807) is 0 Å². The highest BCUT2D eigenvalue weighted by Gasteiger charge is 2.01. The smallest absolute Gasteiger partial charge is 0.119 e. The van der Waals surface area contributed by atoms with Crippen LogP contribution < -0.4 is 10.5 Å². The number of rotatable bonds is 8. The molecule has 2 N–H and O–H groups in total. The lowest BCUT2D eigenvalue weighted by molar-refractivity contribution is 0.242. The summed E-state index contributed by atoms with van der Waals surface area (Å²) in [5.74, 6) is 0.949. The van der Waals surface area contributed by atoms with Crippen LogP contribution in [0.5, 0.6) is 5.75 Å². The highest BCUT2D eigenvalue weighted by atomic mass is 16.5. The van der Waals surface area contributed by atoms with Gasteiger partial charge in [-0.15, -0.1) is 0 Å². The van der Waals surface area contributed by atoms with Gasteiger partial charge in [-0.05, 0) is 64.5 Å². The molecule has 0 amide bonds. The molecule has 0 aliphatic carbocycles. The standard InChI is InChI=1S/C15H26N2O/c1-13(2)18-15-7-5-14(6-8-15)9-12-17(3)11-4-10-16/h5-8,13H,4,9-12,16H2,1-3H3. The first-order valence-electron chi connectivity index (χ1n) is 6.76. The summed E-state index contributed by atoms with van der Waals surface area (Å²) in [4.78, 5) is 2.32. The Morgan fingerprint density at radius 2 is 1.83 bits per heavy atom. The molecular weight excluding hydrogens is 224 g/mol. The molecular formula is C15H26N2O. The van der Waals surface area contributed by atoms with Gasteiger partial charge in [0.05, 0.1) is 6.10 Å². The quantitative estimate of drug-likeness (QED) is 0.769. The topological polar surface area (TPSA) is 38.5 Å². The van der Waals surface area contributed by atoms with E-state index >= 15 is 0 Å². The number of nitrogens with two attached hydrogens (primary N) is 1. The molecule has 0 heterocycles. The molecule has 0 unspecified atom stereocenters. The number of ether oxygens (including phenoxy) is 1. The minimum absolute atomic E-state index is 0.234. The molecule has 0 fully saturated rings. The van der Waals surface area contributed by atoms with Crippen molar-refractivity contribution in [2.75, 3.05) is 26.7 Å². The van der Waals surface area contributed by atoms with E-state index in [4.69, 9.17) is 10.5 Å². The zero-order valence-corrected chi connectivity index (χ0v) is 11.9. The van der Waals surface area contributed by atoms with Crippen molar-refractivity contribution in [3.8, 4) is 5.75 Å². The van der Waals surface area contributed by atoms with E-state index in [0.29, 0.717) is 0 Å². The summed E-state index contributed by atoms with van der Waals surface area (Å²) in [5.41, 5.74) is 6.85. The van der Waals surface area contributed by atoms with Crippen LogP contribution in [0.1, 0.15) is 25.8 Å². The van der Waals surface area contributed by atoms with Crippen LogP contribution in [0.3, 0.4) is 0 Å². The Bertz CT molecular complexity index is 322. The fraction of sp³-hybridized carbons (Fsp3) is 0.600. The number of hydrogen-bond acceptors (Lipinski definition) is 3. The second kappa shape index (κ2) is 8.11. The van der Waals surface area contributed by atoms with Gasteiger partial charge >= 0.3 is 0 Å². The molecule has 0 saturated heterocycles. The predicted molar refractivity (Wildman–Crippen MR) is 77.1 cm³/mol. The molecule has 18 heavy (non-hydrogen) atoms. The summed E-state index contributed by atoms with van der Waals surface area (Å²) < 4.78 is 5.62. The maximum absolute atomic E-state index is 5.62. The summed E-state index contributed by atoms with van der Waals surface area (Å²) in [6.45, 7) is 7.00. The van der Waals surface area contributed by atoms with Crippen molar-refractivity contribution in [2.45, 2.75) is 32.8 Å². The number of benzene rings is 1. The van der Waals surface area contributed by atoms with Crippen LogP contribution in [0.15, 0.2) is 24.3 Å². The fourth-order valence-corrected chi connectivity index (χ4v) is 1.80. The van der Waals surface area contributed by atoms with E-state index in [2.05, 4.69) is 36.2 Å². The molecule has 3 nitrogen and oxygen atoms in total. The van der Waals surface area contributed by atoms with Gasteiger partial charge in [-0.25, -0.2) is 0 Å². The van der Waals surface area contributed by atoms with Crippen LogP contribution in [-0.2, 0) is 6.42 Å². The van der Waals surface area contributed by atoms with Crippen molar-refractivity contribution in [1.29, 1.82) is 0 Å². The molecule has 3 heteroatoms. The molecule has 0 aromatic heterocycles. The van der Waals surface area contributed by atoms with Crippen LogP contribution in [0.25, 0.3) is 0 Å². The molecule has 0 bridgehead atoms. The monoisotopic (exact) mass is 250 g/mol. The lowest BCUT2D eigenvalue weighted by atomic mass is 10.1. The molecule has 1 aromatic rings. The second-order valence-electron chi connectivity index (χ2n) is 5.01. The lowest BCUT2D eigenvalue weighted by Gasteiger charge is -2.16. The average Bonchev–Trinajstić information content (AvgIpc) is 2.35. The van der Waals surface area contributed by atoms with Crippen molar-refractivity contribution in [1.82, 2.24) is 4.90 Å². The van der Waals surface area contributed by atoms with Crippen LogP contribution in [0, 0.1) is 0 Å². The summed E-state index contributed by atoms with van der Waals surface area (Å²) in [5, 5.41) is 0. The Hall–Kier alpha value is -1.06. The van der Waals surface area contributed by atoms with Crippen LogP contribution in [-0.4, -0.2) is 37.7 Å². The second-order valence-corrected chi connectivity index (χ2v) is 5.01. The summed E-state index contributed by atoms with van der Waals surface area (Å²) in [6, 6.07) is 8.40. The van der Waals surface area contributed by atoms with Gasteiger partial charge in [0.25, 0.3) is 0 Å². The number of likely N-dealkylation sites (N-methyl/N-ethyl adjacent to an activating group) is 1. The molecule has 0 aliphatic heterocycles. The van der Waals surface area contributed by atoms with E-state index in [1.165, 1.54) is 5.56 Å². The van der Waals surface area contributed by atoms with Gasteiger partial charge in [0.15, 0.2) is 0 Å². The van der Waals surface area contributed by atoms with Crippen molar-refractivity contribution >= 4 is 0 Å². The van der Waals surface area contributed by atoms with Gasteiger partial charge in [-0.2, -0.15) is 0 Å². The zero-order chi connectivity index (χ0) is 13.4. The van der Waals surface area contributed by atoms with Gasteiger partial charge in [0.2, 0.25) is 0 Å². The van der Waals surface area contributed by atoms with Gasteiger partial charge in [-0.3, -0.25) is 0 Å². The lowest BCUT2D eigenvalue weighted by Crippen LogP contribution is -2.24. The van der Waals surface area contributed by atoms with Gasteiger partial charge in [0, 0.05) is 6.54 Å². The predicted octanol–water partition coefficient (Wildman–Crippen LogP) is 2.30. The molecule has 0 aliphatic rings. The first-order valence-corrected chi connectivity index (χ1v) is 6.76. The molecule has 0 saturated carbocycles. The van der Waals surface area contributed by atoms with Crippen LogP contribution in [0.4, 0.5) is 0 Å².